The minimum Gasteiger partial charge on any atom is -0.497 e. The number of allylic oxidation sites excluding steroid dienone is 3. The molecule has 3 rings (SSSR count). The lowest BCUT2D eigenvalue weighted by Crippen LogP contribution is -2.07. The first-order valence-electron chi connectivity index (χ1n) is 10.5. The number of carbonyl (C=O) groups is 1. The number of anilines is 1. The number of rotatable bonds is 9. The molecule has 2 aromatic carbocycles. The minimum absolute atomic E-state index is 0.157. The second-order valence-corrected chi connectivity index (χ2v) is 7.19. The van der Waals surface area contributed by atoms with Gasteiger partial charge in [0.1, 0.15) is 5.75 Å². The zero-order chi connectivity index (χ0) is 21.9. The van der Waals surface area contributed by atoms with Gasteiger partial charge in [0.2, 0.25) is 5.91 Å². The monoisotopic (exact) mass is 412 g/mol. The highest BCUT2D eigenvalue weighted by Crippen LogP contribution is 2.24. The molecule has 4 nitrogen and oxygen atoms in total. The van der Waals surface area contributed by atoms with Gasteiger partial charge in [0.25, 0.3) is 0 Å². The van der Waals surface area contributed by atoms with Crippen molar-refractivity contribution in [3.05, 3.63) is 96.8 Å². The normalized spacial score (nSPS) is 11.5. The first-order valence-corrected chi connectivity index (χ1v) is 10.5. The smallest absolute Gasteiger partial charge is 0.248 e. The van der Waals surface area contributed by atoms with E-state index in [2.05, 4.69) is 29.4 Å². The van der Waals surface area contributed by atoms with E-state index in [4.69, 9.17) is 4.74 Å². The number of amides is 1. The van der Waals surface area contributed by atoms with E-state index in [0.717, 1.165) is 47.4 Å². The third-order valence-electron chi connectivity index (χ3n) is 4.95. The minimum atomic E-state index is -0.157. The Morgan fingerprint density at radius 1 is 1.03 bits per heavy atom. The molecule has 158 valence electrons. The Morgan fingerprint density at radius 3 is 2.45 bits per heavy atom. The molecule has 0 spiro atoms. The number of ether oxygens (including phenoxy) is 1. The third kappa shape index (κ3) is 6.68. The Bertz CT molecular complexity index is 1020. The summed E-state index contributed by atoms with van der Waals surface area (Å²) in [5.41, 5.74) is 5.21. The molecule has 0 saturated carbocycles. The van der Waals surface area contributed by atoms with Crippen molar-refractivity contribution in [1.29, 1.82) is 0 Å². The lowest BCUT2D eigenvalue weighted by Gasteiger charge is -2.08. The van der Waals surface area contributed by atoms with Gasteiger partial charge >= 0.3 is 0 Å². The first kappa shape index (κ1) is 22.0. The molecule has 0 aliphatic heterocycles. The average molecular weight is 413 g/mol. The molecule has 1 N–H and O–H groups in total. The van der Waals surface area contributed by atoms with Crippen LogP contribution in [0.5, 0.6) is 5.75 Å². The van der Waals surface area contributed by atoms with Crippen molar-refractivity contribution >= 4 is 17.2 Å². The number of carbonyl (C=O) groups excluding carboxylic acids is 1. The molecule has 0 aliphatic rings. The van der Waals surface area contributed by atoms with Crippen LogP contribution in [0.2, 0.25) is 0 Å². The fourth-order valence-corrected chi connectivity index (χ4v) is 3.21. The van der Waals surface area contributed by atoms with Crippen LogP contribution in [0.4, 0.5) is 5.69 Å². The Morgan fingerprint density at radius 2 is 1.81 bits per heavy atom. The highest BCUT2D eigenvalue weighted by Gasteiger charge is 2.03. The quantitative estimate of drug-likeness (QED) is 0.321. The van der Waals surface area contributed by atoms with Crippen LogP contribution in [0.3, 0.4) is 0 Å². The van der Waals surface area contributed by atoms with E-state index in [1.165, 1.54) is 5.57 Å². The van der Waals surface area contributed by atoms with Gasteiger partial charge in [0.15, 0.2) is 0 Å². The number of pyridine rings is 1. The molecule has 1 heterocycles. The predicted molar refractivity (Wildman–Crippen MR) is 128 cm³/mol. The summed E-state index contributed by atoms with van der Waals surface area (Å²) < 4.78 is 5.24. The molecular weight excluding hydrogens is 384 g/mol. The maximum absolute atomic E-state index is 12.3. The van der Waals surface area contributed by atoms with Gasteiger partial charge in [0.05, 0.1) is 7.11 Å². The van der Waals surface area contributed by atoms with Gasteiger partial charge in [-0.3, -0.25) is 9.78 Å². The molecule has 4 heteroatoms. The summed E-state index contributed by atoms with van der Waals surface area (Å²) >= 11 is 0. The van der Waals surface area contributed by atoms with Gasteiger partial charge in [-0.1, -0.05) is 55.8 Å². The summed E-state index contributed by atoms with van der Waals surface area (Å²) in [4.78, 5) is 16.5. The second-order valence-electron chi connectivity index (χ2n) is 7.19. The Balaban J connectivity index is 1.64. The highest BCUT2D eigenvalue weighted by atomic mass is 16.5. The Hall–Kier alpha value is -3.66. The number of hydrogen-bond donors (Lipinski definition) is 1. The summed E-state index contributed by atoms with van der Waals surface area (Å²) in [5.74, 6) is 0.679. The van der Waals surface area contributed by atoms with Crippen LogP contribution in [0.1, 0.15) is 31.7 Å². The standard InChI is InChI=1S/C27H28N2O2/c1-3-4-7-21(22-13-17-26(31-2)18-14-22)8-5-10-27(30)29-25-15-11-23(12-16-25)24-9-6-19-28-20-24/h5-6,8-20H,3-4,7H2,1-2H3,(H,29,30)/b10-5+,21-8+. The number of methoxy groups -OCH3 is 1. The molecule has 0 bridgehead atoms. The van der Waals surface area contributed by atoms with Crippen molar-refractivity contribution in [1.82, 2.24) is 4.98 Å². The van der Waals surface area contributed by atoms with E-state index in [9.17, 15) is 4.79 Å². The zero-order valence-electron chi connectivity index (χ0n) is 18.0. The summed E-state index contributed by atoms with van der Waals surface area (Å²) in [5, 5.41) is 2.91. The topological polar surface area (TPSA) is 51.2 Å². The highest BCUT2D eigenvalue weighted by molar-refractivity contribution is 5.99. The number of aromatic nitrogens is 1. The van der Waals surface area contributed by atoms with Crippen molar-refractivity contribution in [2.24, 2.45) is 0 Å². The molecule has 0 radical (unpaired) electrons. The van der Waals surface area contributed by atoms with E-state index in [1.54, 1.807) is 19.4 Å². The van der Waals surface area contributed by atoms with Gasteiger partial charge in [-0.25, -0.2) is 0 Å². The van der Waals surface area contributed by atoms with Gasteiger partial charge < -0.3 is 10.1 Å². The summed E-state index contributed by atoms with van der Waals surface area (Å²) in [6, 6.07) is 19.7. The molecule has 0 fully saturated rings. The molecule has 1 aromatic heterocycles. The third-order valence-corrected chi connectivity index (χ3v) is 4.95. The Labute approximate surface area is 184 Å². The predicted octanol–water partition coefficient (Wildman–Crippen LogP) is 6.53. The molecule has 1 amide bonds. The maximum atomic E-state index is 12.3. The molecule has 3 aromatic rings. The van der Waals surface area contributed by atoms with Crippen LogP contribution in [0.25, 0.3) is 16.7 Å². The number of hydrogen-bond acceptors (Lipinski definition) is 3. The summed E-state index contributed by atoms with van der Waals surface area (Å²) in [6.45, 7) is 2.18. The fourth-order valence-electron chi connectivity index (χ4n) is 3.21. The van der Waals surface area contributed by atoms with E-state index in [-0.39, 0.29) is 5.91 Å². The van der Waals surface area contributed by atoms with Crippen LogP contribution < -0.4 is 10.1 Å². The molecule has 0 saturated heterocycles. The van der Waals surface area contributed by atoms with Gasteiger partial charge in [-0.05, 0) is 65.4 Å². The molecular formula is C27H28N2O2. The van der Waals surface area contributed by atoms with Gasteiger partial charge in [-0.2, -0.15) is 0 Å². The van der Waals surface area contributed by atoms with Crippen molar-refractivity contribution < 1.29 is 9.53 Å². The molecule has 0 aliphatic carbocycles. The fraction of sp³-hybridized carbons (Fsp3) is 0.185. The van der Waals surface area contributed by atoms with E-state index in [1.807, 2.05) is 66.9 Å². The van der Waals surface area contributed by atoms with Crippen LogP contribution >= 0.6 is 0 Å². The maximum Gasteiger partial charge on any atom is 0.248 e. The van der Waals surface area contributed by atoms with Crippen LogP contribution in [-0.4, -0.2) is 18.0 Å². The Kier molecular flexibility index (Phi) is 8.18. The lowest BCUT2D eigenvalue weighted by molar-refractivity contribution is -0.111. The van der Waals surface area contributed by atoms with Gasteiger partial charge in [-0.15, -0.1) is 0 Å². The van der Waals surface area contributed by atoms with Crippen LogP contribution in [0, 0.1) is 0 Å². The van der Waals surface area contributed by atoms with Crippen molar-refractivity contribution in [2.45, 2.75) is 26.2 Å². The summed E-state index contributed by atoms with van der Waals surface area (Å²) in [7, 11) is 1.66. The zero-order valence-corrected chi connectivity index (χ0v) is 18.0. The lowest BCUT2D eigenvalue weighted by atomic mass is 9.99. The number of nitrogens with zero attached hydrogens (tertiary/aromatic N) is 1. The number of nitrogens with one attached hydrogen (secondary N) is 1. The van der Waals surface area contributed by atoms with Crippen molar-refractivity contribution in [3.63, 3.8) is 0 Å². The first-order chi connectivity index (χ1) is 15.2. The second kappa shape index (κ2) is 11.5. The molecule has 0 unspecified atom stereocenters. The summed E-state index contributed by atoms with van der Waals surface area (Å²) in [6.07, 6.45) is 12.1. The number of benzene rings is 2. The van der Waals surface area contributed by atoms with Crippen molar-refractivity contribution in [2.75, 3.05) is 12.4 Å². The molecule has 31 heavy (non-hydrogen) atoms. The molecule has 0 atom stereocenters. The van der Waals surface area contributed by atoms with E-state index in [0.29, 0.717) is 0 Å². The van der Waals surface area contributed by atoms with Gasteiger partial charge in [0, 0.05) is 24.2 Å². The van der Waals surface area contributed by atoms with E-state index >= 15 is 0 Å². The van der Waals surface area contributed by atoms with Crippen LogP contribution in [0.15, 0.2) is 91.3 Å². The van der Waals surface area contributed by atoms with Crippen molar-refractivity contribution in [3.8, 4) is 16.9 Å². The van der Waals surface area contributed by atoms with E-state index < -0.39 is 0 Å². The number of unbranched alkanes of at least 4 members (excludes halogenated alkanes) is 1. The average Bonchev–Trinajstić information content (AvgIpc) is 2.82. The largest absolute Gasteiger partial charge is 0.497 e. The SMILES string of the molecule is CCCC/C(=C\C=C\C(=O)Nc1ccc(-c2cccnc2)cc1)c1ccc(OC)cc1. The van der Waals surface area contributed by atoms with Crippen LogP contribution in [-0.2, 0) is 4.79 Å².